The van der Waals surface area contributed by atoms with E-state index >= 15 is 0 Å². The molecule has 2 aromatic rings. The van der Waals surface area contributed by atoms with E-state index in [4.69, 9.17) is 14.2 Å². The highest BCUT2D eigenvalue weighted by Gasteiger charge is 2.18. The van der Waals surface area contributed by atoms with Crippen molar-refractivity contribution in [2.75, 3.05) is 19.5 Å². The van der Waals surface area contributed by atoms with Gasteiger partial charge in [0.1, 0.15) is 5.82 Å². The Balaban J connectivity index is 2.00. The van der Waals surface area contributed by atoms with Crippen molar-refractivity contribution >= 4 is 23.6 Å². The van der Waals surface area contributed by atoms with Crippen LogP contribution in [0.1, 0.15) is 12.5 Å². The molecule has 0 saturated heterocycles. The zero-order valence-electron chi connectivity index (χ0n) is 15.2. The summed E-state index contributed by atoms with van der Waals surface area (Å²) in [6.07, 6.45) is 1.56. The first-order chi connectivity index (χ1) is 13.0. The second-order valence-corrected chi connectivity index (χ2v) is 5.46. The fourth-order valence-corrected chi connectivity index (χ4v) is 2.27. The first kappa shape index (κ1) is 20.0. The molecule has 2 aromatic carbocycles. The number of carbonyl (C=O) groups excluding carboxylic acids is 2. The van der Waals surface area contributed by atoms with E-state index in [1.807, 2.05) is 0 Å². The molecule has 0 aromatic heterocycles. The third-order valence-electron chi connectivity index (χ3n) is 3.63. The number of anilines is 1. The number of rotatable bonds is 7. The van der Waals surface area contributed by atoms with Crippen LogP contribution in [0.2, 0.25) is 0 Å². The molecule has 0 fully saturated rings. The summed E-state index contributed by atoms with van der Waals surface area (Å²) in [7, 11) is 3.00. The summed E-state index contributed by atoms with van der Waals surface area (Å²) in [5.74, 6) is -0.952. The molecule has 1 amide bonds. The maximum Gasteiger partial charge on any atom is 0.331 e. The van der Waals surface area contributed by atoms with E-state index in [0.717, 1.165) is 0 Å². The highest BCUT2D eigenvalue weighted by molar-refractivity contribution is 5.96. The molecule has 0 unspecified atom stereocenters. The van der Waals surface area contributed by atoms with Gasteiger partial charge in [-0.15, -0.1) is 0 Å². The standard InChI is InChI=1S/C20H20FNO5/c1-13(20(24)22-16-9-5-4-8-15(16)21)27-18(23)12-11-14-7-6-10-17(25-2)19(14)26-3/h4-13H,1-3H3,(H,22,24)/b12-11+/t13-/m0/s1. The summed E-state index contributed by atoms with van der Waals surface area (Å²) in [5, 5.41) is 2.37. The first-order valence-corrected chi connectivity index (χ1v) is 8.11. The Morgan fingerprint density at radius 1 is 1.07 bits per heavy atom. The number of ether oxygens (including phenoxy) is 3. The van der Waals surface area contributed by atoms with Crippen molar-refractivity contribution in [1.29, 1.82) is 0 Å². The van der Waals surface area contributed by atoms with E-state index in [9.17, 15) is 14.0 Å². The molecule has 7 heteroatoms. The summed E-state index contributed by atoms with van der Waals surface area (Å²) < 4.78 is 29.1. The van der Waals surface area contributed by atoms with Gasteiger partial charge in [-0.2, -0.15) is 0 Å². The fraction of sp³-hybridized carbons (Fsp3) is 0.200. The second-order valence-electron chi connectivity index (χ2n) is 5.46. The van der Waals surface area contributed by atoms with Gasteiger partial charge in [0.25, 0.3) is 5.91 Å². The molecule has 6 nitrogen and oxygen atoms in total. The number of hydrogen-bond donors (Lipinski definition) is 1. The van der Waals surface area contributed by atoms with Crippen LogP contribution in [0.4, 0.5) is 10.1 Å². The molecule has 0 heterocycles. The number of hydrogen-bond acceptors (Lipinski definition) is 5. The number of nitrogens with one attached hydrogen (secondary N) is 1. The van der Waals surface area contributed by atoms with Crippen LogP contribution in [0.15, 0.2) is 48.5 Å². The number of amides is 1. The lowest BCUT2D eigenvalue weighted by molar-refractivity contribution is -0.148. The molecule has 1 atom stereocenters. The molecule has 0 aliphatic heterocycles. The van der Waals surface area contributed by atoms with Gasteiger partial charge in [-0.1, -0.05) is 24.3 Å². The van der Waals surface area contributed by atoms with Gasteiger partial charge in [-0.25, -0.2) is 9.18 Å². The van der Waals surface area contributed by atoms with E-state index < -0.39 is 23.8 Å². The van der Waals surface area contributed by atoms with Crippen LogP contribution in [0, 0.1) is 5.82 Å². The molecule has 0 bridgehead atoms. The Bertz CT molecular complexity index is 850. The Kier molecular flexibility index (Phi) is 6.93. The molecule has 1 N–H and O–H groups in total. The van der Waals surface area contributed by atoms with Crippen molar-refractivity contribution in [3.63, 3.8) is 0 Å². The van der Waals surface area contributed by atoms with E-state index in [0.29, 0.717) is 17.1 Å². The molecule has 0 aliphatic rings. The van der Waals surface area contributed by atoms with Crippen LogP contribution in [0.25, 0.3) is 6.08 Å². The molecule has 2 rings (SSSR count). The SMILES string of the molecule is COc1cccc(/C=C/C(=O)O[C@@H](C)C(=O)Nc2ccccc2F)c1OC. The number of para-hydroxylation sites is 2. The van der Waals surface area contributed by atoms with Crippen molar-refractivity contribution in [2.24, 2.45) is 0 Å². The van der Waals surface area contributed by atoms with E-state index in [-0.39, 0.29) is 5.69 Å². The largest absolute Gasteiger partial charge is 0.493 e. The molecule has 27 heavy (non-hydrogen) atoms. The Hall–Kier alpha value is -3.35. The molecular formula is C20H20FNO5. The number of halogens is 1. The maximum absolute atomic E-state index is 13.6. The molecule has 0 saturated carbocycles. The zero-order valence-corrected chi connectivity index (χ0v) is 15.2. The lowest BCUT2D eigenvalue weighted by Gasteiger charge is -2.13. The van der Waals surface area contributed by atoms with Crippen molar-refractivity contribution in [3.05, 3.63) is 59.9 Å². The minimum Gasteiger partial charge on any atom is -0.493 e. The quantitative estimate of drug-likeness (QED) is 0.595. The topological polar surface area (TPSA) is 73.9 Å². The van der Waals surface area contributed by atoms with Gasteiger partial charge < -0.3 is 19.5 Å². The smallest absolute Gasteiger partial charge is 0.331 e. The van der Waals surface area contributed by atoms with Gasteiger partial charge in [0.15, 0.2) is 17.6 Å². The number of carbonyl (C=O) groups is 2. The zero-order chi connectivity index (χ0) is 19.8. The minimum absolute atomic E-state index is 0.0158. The van der Waals surface area contributed by atoms with Gasteiger partial charge in [0.05, 0.1) is 19.9 Å². The predicted octanol–water partition coefficient (Wildman–Crippen LogP) is 3.43. The first-order valence-electron chi connectivity index (χ1n) is 8.11. The molecule has 0 spiro atoms. The van der Waals surface area contributed by atoms with Crippen LogP contribution in [0.3, 0.4) is 0 Å². The van der Waals surface area contributed by atoms with E-state index in [2.05, 4.69) is 5.32 Å². The van der Waals surface area contributed by atoms with E-state index in [1.54, 1.807) is 24.3 Å². The number of esters is 1. The molecule has 0 radical (unpaired) electrons. The van der Waals surface area contributed by atoms with Crippen LogP contribution in [0.5, 0.6) is 11.5 Å². The Labute approximate surface area is 156 Å². The average molecular weight is 373 g/mol. The van der Waals surface area contributed by atoms with Crippen molar-refractivity contribution in [2.45, 2.75) is 13.0 Å². The second kappa shape index (κ2) is 9.38. The summed E-state index contributed by atoms with van der Waals surface area (Å²) in [4.78, 5) is 24.0. The predicted molar refractivity (Wildman–Crippen MR) is 99.2 cm³/mol. The lowest BCUT2D eigenvalue weighted by atomic mass is 10.1. The van der Waals surface area contributed by atoms with Crippen molar-refractivity contribution in [1.82, 2.24) is 0 Å². The summed E-state index contributed by atoms with van der Waals surface area (Å²) in [6, 6.07) is 10.9. The normalized spacial score (nSPS) is 11.7. The van der Waals surface area contributed by atoms with Gasteiger partial charge >= 0.3 is 5.97 Å². The highest BCUT2D eigenvalue weighted by Crippen LogP contribution is 2.31. The van der Waals surface area contributed by atoms with Crippen LogP contribution in [-0.2, 0) is 14.3 Å². The monoisotopic (exact) mass is 373 g/mol. The third-order valence-corrected chi connectivity index (χ3v) is 3.63. The van der Waals surface area contributed by atoms with Crippen molar-refractivity contribution < 1.29 is 28.2 Å². The third kappa shape index (κ3) is 5.31. The molecular weight excluding hydrogens is 353 g/mol. The number of methoxy groups -OCH3 is 2. The summed E-state index contributed by atoms with van der Waals surface area (Å²) in [6.45, 7) is 1.40. The van der Waals surface area contributed by atoms with Gasteiger partial charge in [-0.05, 0) is 31.2 Å². The Morgan fingerprint density at radius 3 is 2.48 bits per heavy atom. The fourth-order valence-electron chi connectivity index (χ4n) is 2.27. The molecule has 0 aliphatic carbocycles. The molecule has 142 valence electrons. The maximum atomic E-state index is 13.6. The van der Waals surface area contributed by atoms with Crippen LogP contribution in [-0.4, -0.2) is 32.2 Å². The highest BCUT2D eigenvalue weighted by atomic mass is 19.1. The number of benzene rings is 2. The van der Waals surface area contributed by atoms with Gasteiger partial charge in [0, 0.05) is 11.6 Å². The minimum atomic E-state index is -1.10. The van der Waals surface area contributed by atoms with Crippen LogP contribution < -0.4 is 14.8 Å². The van der Waals surface area contributed by atoms with E-state index in [1.165, 1.54) is 51.5 Å². The average Bonchev–Trinajstić information content (AvgIpc) is 2.67. The summed E-state index contributed by atoms with van der Waals surface area (Å²) >= 11 is 0. The lowest BCUT2D eigenvalue weighted by Crippen LogP contribution is -2.29. The van der Waals surface area contributed by atoms with Crippen LogP contribution >= 0.6 is 0 Å². The van der Waals surface area contributed by atoms with Gasteiger partial charge in [0.2, 0.25) is 0 Å². The van der Waals surface area contributed by atoms with Crippen molar-refractivity contribution in [3.8, 4) is 11.5 Å². The Morgan fingerprint density at radius 2 is 1.81 bits per heavy atom. The van der Waals surface area contributed by atoms with Gasteiger partial charge in [-0.3, -0.25) is 4.79 Å². The summed E-state index contributed by atoms with van der Waals surface area (Å²) in [5.41, 5.74) is 0.624.